The molecule has 5 nitrogen and oxygen atoms in total. The molecule has 1 heterocycles. The number of allylic oxidation sites excluding steroid dienone is 2. The number of nitrogens with zero attached hydrogens (tertiary/aromatic N) is 2. The van der Waals surface area contributed by atoms with Crippen LogP contribution in [0.2, 0.25) is 0 Å². The SMILES string of the molecule is CC(=O)N(Cc1ccc(C(F)(F)F)cc1)N1C(=O)C2C3C(C)=C(C)C(C4CC43)C2C1=O. The Labute approximate surface area is 177 Å². The minimum absolute atomic E-state index is 0.0429. The maximum Gasteiger partial charge on any atom is 0.416 e. The van der Waals surface area contributed by atoms with Crippen LogP contribution in [0.4, 0.5) is 13.2 Å². The molecular formula is C23H23F3N2O3. The number of rotatable bonds is 3. The molecule has 164 valence electrons. The normalized spacial score (nSPS) is 33.5. The fourth-order valence-corrected chi connectivity index (χ4v) is 6.29. The lowest BCUT2D eigenvalue weighted by molar-refractivity contribution is -0.169. The summed E-state index contributed by atoms with van der Waals surface area (Å²) < 4.78 is 38.5. The first-order valence-corrected chi connectivity index (χ1v) is 10.5. The summed E-state index contributed by atoms with van der Waals surface area (Å²) in [7, 11) is 0. The molecule has 4 aliphatic carbocycles. The van der Waals surface area contributed by atoms with E-state index < -0.39 is 29.5 Å². The van der Waals surface area contributed by atoms with Crippen molar-refractivity contribution >= 4 is 17.7 Å². The number of imide groups is 1. The van der Waals surface area contributed by atoms with Gasteiger partial charge in [-0.3, -0.25) is 14.4 Å². The minimum Gasteiger partial charge on any atom is -0.273 e. The Morgan fingerprint density at radius 3 is 1.87 bits per heavy atom. The summed E-state index contributed by atoms with van der Waals surface area (Å²) in [5.41, 5.74) is 2.02. The summed E-state index contributed by atoms with van der Waals surface area (Å²) >= 11 is 0. The lowest BCUT2D eigenvalue weighted by atomic mass is 9.57. The van der Waals surface area contributed by atoms with Gasteiger partial charge in [-0.05, 0) is 61.6 Å². The maximum atomic E-state index is 13.4. The predicted octanol–water partition coefficient (Wildman–Crippen LogP) is 3.80. The van der Waals surface area contributed by atoms with Crippen molar-refractivity contribution in [3.8, 4) is 0 Å². The van der Waals surface area contributed by atoms with Crippen molar-refractivity contribution in [2.24, 2.45) is 35.5 Å². The number of carbonyl (C=O) groups is 3. The second-order valence-corrected chi connectivity index (χ2v) is 9.29. The van der Waals surface area contributed by atoms with Gasteiger partial charge in [0, 0.05) is 6.92 Å². The van der Waals surface area contributed by atoms with E-state index in [0.717, 1.165) is 28.6 Å². The molecule has 2 saturated carbocycles. The largest absolute Gasteiger partial charge is 0.416 e. The minimum atomic E-state index is -4.46. The second kappa shape index (κ2) is 6.43. The molecular weight excluding hydrogens is 409 g/mol. The molecule has 6 unspecified atom stereocenters. The van der Waals surface area contributed by atoms with Crippen LogP contribution in [0, 0.1) is 35.5 Å². The third kappa shape index (κ3) is 2.79. The number of benzene rings is 1. The molecule has 5 aliphatic rings. The molecule has 1 aromatic carbocycles. The highest BCUT2D eigenvalue weighted by molar-refractivity contribution is 6.07. The fourth-order valence-electron chi connectivity index (χ4n) is 6.29. The Bertz CT molecular complexity index is 987. The van der Waals surface area contributed by atoms with Gasteiger partial charge in [0.1, 0.15) is 0 Å². The Morgan fingerprint density at radius 2 is 1.45 bits per heavy atom. The summed E-state index contributed by atoms with van der Waals surface area (Å²) in [4.78, 5) is 39.3. The molecule has 0 N–H and O–H groups in total. The first-order valence-electron chi connectivity index (χ1n) is 10.5. The van der Waals surface area contributed by atoms with Crippen LogP contribution in [-0.2, 0) is 27.1 Å². The van der Waals surface area contributed by atoms with E-state index in [1.54, 1.807) is 0 Å². The van der Waals surface area contributed by atoms with Crippen molar-refractivity contribution in [2.75, 3.05) is 0 Å². The Hall–Kier alpha value is -2.64. The zero-order valence-corrected chi connectivity index (χ0v) is 17.4. The smallest absolute Gasteiger partial charge is 0.273 e. The van der Waals surface area contributed by atoms with E-state index in [-0.39, 0.29) is 30.2 Å². The van der Waals surface area contributed by atoms with Gasteiger partial charge in [-0.25, -0.2) is 5.01 Å². The number of hydrazine groups is 1. The van der Waals surface area contributed by atoms with Gasteiger partial charge in [0.2, 0.25) is 5.91 Å². The number of alkyl halides is 3. The van der Waals surface area contributed by atoms with Crippen molar-refractivity contribution in [2.45, 2.75) is 39.9 Å². The molecule has 31 heavy (non-hydrogen) atoms. The van der Waals surface area contributed by atoms with Crippen LogP contribution in [0.3, 0.4) is 0 Å². The van der Waals surface area contributed by atoms with Crippen LogP contribution < -0.4 is 0 Å². The molecule has 0 radical (unpaired) electrons. The van der Waals surface area contributed by atoms with E-state index in [4.69, 9.17) is 0 Å². The van der Waals surface area contributed by atoms with Crippen LogP contribution in [0.5, 0.6) is 0 Å². The van der Waals surface area contributed by atoms with Crippen molar-refractivity contribution in [3.05, 3.63) is 46.5 Å². The van der Waals surface area contributed by atoms with Gasteiger partial charge in [0.15, 0.2) is 0 Å². The molecule has 0 spiro atoms. The van der Waals surface area contributed by atoms with Gasteiger partial charge in [-0.15, -0.1) is 0 Å². The molecule has 6 rings (SSSR count). The van der Waals surface area contributed by atoms with Gasteiger partial charge >= 0.3 is 6.18 Å². The van der Waals surface area contributed by atoms with Crippen molar-refractivity contribution < 1.29 is 27.6 Å². The first-order chi connectivity index (χ1) is 14.5. The highest BCUT2D eigenvalue weighted by Gasteiger charge is 2.70. The molecule has 0 aromatic heterocycles. The van der Waals surface area contributed by atoms with Crippen LogP contribution >= 0.6 is 0 Å². The molecule has 1 saturated heterocycles. The summed E-state index contributed by atoms with van der Waals surface area (Å²) in [6.45, 7) is 5.21. The topological polar surface area (TPSA) is 57.7 Å². The van der Waals surface area contributed by atoms with Gasteiger partial charge in [-0.1, -0.05) is 23.3 Å². The highest BCUT2D eigenvalue weighted by Crippen LogP contribution is 2.69. The first kappa shape index (κ1) is 20.3. The van der Waals surface area contributed by atoms with Crippen LogP contribution in [0.15, 0.2) is 35.4 Å². The summed E-state index contributed by atoms with van der Waals surface area (Å²) in [5, 5.41) is 2.06. The van der Waals surface area contributed by atoms with Crippen LogP contribution in [-0.4, -0.2) is 27.7 Å². The van der Waals surface area contributed by atoms with Gasteiger partial charge in [-0.2, -0.15) is 18.2 Å². The maximum absolute atomic E-state index is 13.4. The number of amides is 3. The predicted molar refractivity (Wildman–Crippen MR) is 103 cm³/mol. The van der Waals surface area contributed by atoms with E-state index >= 15 is 0 Å². The van der Waals surface area contributed by atoms with Crippen molar-refractivity contribution in [3.63, 3.8) is 0 Å². The zero-order chi connectivity index (χ0) is 22.4. The average Bonchev–Trinajstić information content (AvgIpc) is 3.45. The molecule has 3 fully saturated rings. The molecule has 1 aliphatic heterocycles. The lowest BCUT2D eigenvalue weighted by Gasteiger charge is -2.44. The third-order valence-electron chi connectivity index (χ3n) is 7.80. The highest BCUT2D eigenvalue weighted by atomic mass is 19.4. The lowest BCUT2D eigenvalue weighted by Crippen LogP contribution is -2.49. The molecule has 2 bridgehead atoms. The van der Waals surface area contributed by atoms with Crippen LogP contribution in [0.1, 0.15) is 38.3 Å². The quantitative estimate of drug-likeness (QED) is 0.539. The summed E-state index contributed by atoms with van der Waals surface area (Å²) in [6.07, 6.45) is -3.42. The Morgan fingerprint density at radius 1 is 0.968 bits per heavy atom. The van der Waals surface area contributed by atoms with Gasteiger partial charge in [0.05, 0.1) is 23.9 Å². The van der Waals surface area contributed by atoms with Crippen molar-refractivity contribution in [1.82, 2.24) is 10.0 Å². The second-order valence-electron chi connectivity index (χ2n) is 9.29. The Kier molecular flexibility index (Phi) is 4.21. The summed E-state index contributed by atoms with van der Waals surface area (Å²) in [5.74, 6) is -1.14. The number of hydrogen-bond acceptors (Lipinski definition) is 3. The number of carbonyl (C=O) groups excluding carboxylic acids is 3. The monoisotopic (exact) mass is 432 g/mol. The third-order valence-corrected chi connectivity index (χ3v) is 7.80. The number of halogens is 3. The Balaban J connectivity index is 1.44. The van der Waals surface area contributed by atoms with E-state index in [2.05, 4.69) is 0 Å². The van der Waals surface area contributed by atoms with E-state index in [1.165, 1.54) is 30.2 Å². The number of hydrogen-bond donors (Lipinski definition) is 0. The van der Waals surface area contributed by atoms with Crippen LogP contribution in [0.25, 0.3) is 0 Å². The summed E-state index contributed by atoms with van der Waals surface area (Å²) in [6, 6.07) is 4.41. The molecule has 1 aromatic rings. The average molecular weight is 432 g/mol. The van der Waals surface area contributed by atoms with Crippen molar-refractivity contribution in [1.29, 1.82) is 0 Å². The van der Waals surface area contributed by atoms with E-state index in [1.807, 2.05) is 13.8 Å². The van der Waals surface area contributed by atoms with E-state index in [0.29, 0.717) is 17.4 Å². The zero-order valence-electron chi connectivity index (χ0n) is 17.4. The van der Waals surface area contributed by atoms with Gasteiger partial charge < -0.3 is 0 Å². The fraction of sp³-hybridized carbons (Fsp3) is 0.522. The standard InChI is InChI=1S/C23H23F3N2O3/c1-10-11(2)18-16-8-15(16)17(10)19-20(18)22(31)28(21(19)30)27(12(3)29)9-13-4-6-14(7-5-13)23(24,25)26/h4-7,15-20H,8-9H2,1-3H3. The molecule has 6 atom stereocenters. The van der Waals surface area contributed by atoms with E-state index in [9.17, 15) is 27.6 Å². The molecule has 8 heteroatoms. The van der Waals surface area contributed by atoms with Gasteiger partial charge in [0.25, 0.3) is 11.8 Å². The molecule has 3 amide bonds.